The first-order chi connectivity index (χ1) is 13.3. The molecule has 1 aromatic heterocycles. The number of anilines is 1. The van der Waals surface area contributed by atoms with Crippen molar-refractivity contribution in [3.05, 3.63) is 52.5 Å². The Bertz CT molecular complexity index is 1120. The molecule has 1 amide bonds. The van der Waals surface area contributed by atoms with E-state index in [2.05, 4.69) is 4.98 Å². The third-order valence-electron chi connectivity index (χ3n) is 4.32. The van der Waals surface area contributed by atoms with E-state index in [-0.39, 0.29) is 29.1 Å². The van der Waals surface area contributed by atoms with Gasteiger partial charge in [-0.2, -0.15) is 0 Å². The van der Waals surface area contributed by atoms with E-state index in [1.807, 2.05) is 25.1 Å². The summed E-state index contributed by atoms with van der Waals surface area (Å²) in [5, 5.41) is 8.82. The van der Waals surface area contributed by atoms with Crippen LogP contribution in [0.1, 0.15) is 17.0 Å². The third-order valence-corrected chi connectivity index (χ3v) is 6.64. The van der Waals surface area contributed by atoms with Gasteiger partial charge in [-0.15, -0.1) is 23.1 Å². The van der Waals surface area contributed by atoms with Crippen molar-refractivity contribution in [1.82, 2.24) is 4.98 Å². The lowest BCUT2D eigenvalue weighted by molar-refractivity contribution is -0.138. The second-order valence-electron chi connectivity index (χ2n) is 6.44. The number of rotatable bonds is 4. The van der Waals surface area contributed by atoms with Crippen LogP contribution in [0.3, 0.4) is 0 Å². The van der Waals surface area contributed by atoms with E-state index < -0.39 is 22.9 Å². The molecule has 0 aliphatic carbocycles. The van der Waals surface area contributed by atoms with Crippen molar-refractivity contribution in [1.29, 1.82) is 0 Å². The van der Waals surface area contributed by atoms with E-state index in [9.17, 15) is 18.4 Å². The van der Waals surface area contributed by atoms with Gasteiger partial charge in [0, 0.05) is 17.0 Å². The molecule has 1 aliphatic rings. The fraction of sp³-hybridized carbons (Fsp3) is 0.211. The molecule has 5 nitrogen and oxygen atoms in total. The second-order valence-corrected chi connectivity index (χ2v) is 8.77. The summed E-state index contributed by atoms with van der Waals surface area (Å²) in [7, 11) is 0. The zero-order valence-corrected chi connectivity index (χ0v) is 16.2. The summed E-state index contributed by atoms with van der Waals surface area (Å²) in [6, 6.07) is 7.56. The molecule has 1 N–H and O–H groups in total. The highest BCUT2D eigenvalue weighted by Crippen LogP contribution is 2.42. The molecule has 2 aromatic carbocycles. The Morgan fingerprint density at radius 3 is 2.82 bits per heavy atom. The normalized spacial score (nSPS) is 16.5. The molecule has 0 fully saturated rings. The molecule has 0 spiro atoms. The zero-order chi connectivity index (χ0) is 20.0. The van der Waals surface area contributed by atoms with Gasteiger partial charge in [0.1, 0.15) is 16.6 Å². The molecule has 1 unspecified atom stereocenters. The first-order valence-corrected chi connectivity index (χ1v) is 10.1. The topological polar surface area (TPSA) is 70.5 Å². The molecule has 2 heterocycles. The summed E-state index contributed by atoms with van der Waals surface area (Å²) in [6.45, 7) is 1.96. The number of aryl methyl sites for hydroxylation is 1. The second kappa shape index (κ2) is 7.14. The number of thiazole rings is 1. The molecule has 28 heavy (non-hydrogen) atoms. The van der Waals surface area contributed by atoms with Crippen LogP contribution in [-0.4, -0.2) is 27.2 Å². The smallest absolute Gasteiger partial charge is 0.305 e. The number of thioether (sulfide) groups is 1. The predicted octanol–water partition coefficient (Wildman–Crippen LogP) is 4.37. The van der Waals surface area contributed by atoms with Crippen molar-refractivity contribution >= 4 is 50.9 Å². The lowest BCUT2D eigenvalue weighted by Gasteiger charge is -2.33. The number of carbonyl (C=O) groups excluding carboxylic acids is 1. The summed E-state index contributed by atoms with van der Waals surface area (Å²) in [5.41, 5.74) is 1.82. The molecule has 144 valence electrons. The Morgan fingerprint density at radius 1 is 1.29 bits per heavy atom. The van der Waals surface area contributed by atoms with Crippen LogP contribution >= 0.6 is 23.1 Å². The van der Waals surface area contributed by atoms with E-state index in [1.165, 1.54) is 16.7 Å². The zero-order valence-electron chi connectivity index (χ0n) is 14.6. The summed E-state index contributed by atoms with van der Waals surface area (Å²) in [6.07, 6.45) is -0.299. The van der Waals surface area contributed by atoms with Crippen LogP contribution in [0.2, 0.25) is 0 Å². The molecule has 0 saturated heterocycles. The fourth-order valence-corrected chi connectivity index (χ4v) is 5.23. The van der Waals surface area contributed by atoms with Gasteiger partial charge < -0.3 is 10.0 Å². The van der Waals surface area contributed by atoms with Crippen LogP contribution in [0.25, 0.3) is 10.2 Å². The van der Waals surface area contributed by atoms with Gasteiger partial charge in [-0.1, -0.05) is 6.07 Å². The maximum absolute atomic E-state index is 14.0. The Morgan fingerprint density at radius 2 is 2.07 bits per heavy atom. The number of benzene rings is 2. The average Bonchev–Trinajstić information content (AvgIpc) is 3.01. The van der Waals surface area contributed by atoms with Crippen LogP contribution in [-0.2, 0) is 16.1 Å². The highest BCUT2D eigenvalue weighted by Gasteiger charge is 2.35. The lowest BCUT2D eigenvalue weighted by atomic mass is 10.1. The molecule has 0 saturated carbocycles. The Labute approximate surface area is 167 Å². The first kappa shape index (κ1) is 18.8. The van der Waals surface area contributed by atoms with Crippen LogP contribution in [0.15, 0.2) is 35.2 Å². The molecule has 9 heteroatoms. The van der Waals surface area contributed by atoms with Crippen molar-refractivity contribution in [3.63, 3.8) is 0 Å². The molecule has 1 atom stereocenters. The van der Waals surface area contributed by atoms with E-state index in [1.54, 1.807) is 0 Å². The van der Waals surface area contributed by atoms with Crippen molar-refractivity contribution in [3.8, 4) is 0 Å². The molecular weight excluding hydrogens is 406 g/mol. The summed E-state index contributed by atoms with van der Waals surface area (Å²) in [5.74, 6) is -2.80. The number of carbonyl (C=O) groups is 2. The number of fused-ring (bicyclic) bond motifs is 2. The number of hydrogen-bond acceptors (Lipinski definition) is 5. The van der Waals surface area contributed by atoms with Gasteiger partial charge >= 0.3 is 5.97 Å². The number of amides is 1. The van der Waals surface area contributed by atoms with Gasteiger partial charge in [-0.05, 0) is 24.6 Å². The Kier molecular flexibility index (Phi) is 4.80. The monoisotopic (exact) mass is 420 g/mol. The number of aliphatic carboxylic acids is 1. The van der Waals surface area contributed by atoms with Crippen LogP contribution < -0.4 is 4.90 Å². The Hall–Kier alpha value is -2.52. The number of halogens is 2. The predicted molar refractivity (Wildman–Crippen MR) is 104 cm³/mol. The first-order valence-electron chi connectivity index (χ1n) is 8.37. The van der Waals surface area contributed by atoms with Crippen molar-refractivity contribution in [2.24, 2.45) is 0 Å². The van der Waals surface area contributed by atoms with Crippen LogP contribution in [0.5, 0.6) is 0 Å². The van der Waals surface area contributed by atoms with E-state index >= 15 is 0 Å². The van der Waals surface area contributed by atoms with Crippen molar-refractivity contribution < 1.29 is 23.5 Å². The summed E-state index contributed by atoms with van der Waals surface area (Å²) >= 11 is 2.28. The SMILES string of the molecule is Cc1ccc2c(c1)N(Cc1nc3cc(F)cc(F)c3s1)C(=O)C(CC(=O)O)S2. The number of aromatic nitrogens is 1. The van der Waals surface area contributed by atoms with Gasteiger partial charge in [0.05, 0.1) is 34.1 Å². The molecule has 0 radical (unpaired) electrons. The maximum Gasteiger partial charge on any atom is 0.305 e. The minimum absolute atomic E-state index is 0.0619. The molecule has 0 bridgehead atoms. The quantitative estimate of drug-likeness (QED) is 0.679. The third kappa shape index (κ3) is 3.47. The average molecular weight is 420 g/mol. The van der Waals surface area contributed by atoms with Gasteiger partial charge in [0.2, 0.25) is 5.91 Å². The maximum atomic E-state index is 14.0. The van der Waals surface area contributed by atoms with E-state index in [0.717, 1.165) is 33.9 Å². The number of carboxylic acid groups (broad SMARTS) is 1. The van der Waals surface area contributed by atoms with Gasteiger partial charge in [-0.25, -0.2) is 13.8 Å². The molecule has 4 rings (SSSR count). The van der Waals surface area contributed by atoms with Crippen molar-refractivity contribution in [2.75, 3.05) is 4.90 Å². The lowest BCUT2D eigenvalue weighted by Crippen LogP contribution is -2.41. The highest BCUT2D eigenvalue weighted by molar-refractivity contribution is 8.01. The molecular formula is C19H14F2N2O3S2. The minimum Gasteiger partial charge on any atom is -0.481 e. The van der Waals surface area contributed by atoms with Gasteiger partial charge in [0.15, 0.2) is 0 Å². The molecule has 3 aromatic rings. The summed E-state index contributed by atoms with van der Waals surface area (Å²) in [4.78, 5) is 30.7. The number of carboxylic acids is 1. The van der Waals surface area contributed by atoms with Crippen molar-refractivity contribution in [2.45, 2.75) is 30.0 Å². The van der Waals surface area contributed by atoms with Gasteiger partial charge in [0.25, 0.3) is 0 Å². The number of nitrogens with zero attached hydrogens (tertiary/aromatic N) is 2. The van der Waals surface area contributed by atoms with Crippen LogP contribution in [0, 0.1) is 18.6 Å². The highest BCUT2D eigenvalue weighted by atomic mass is 32.2. The largest absolute Gasteiger partial charge is 0.481 e. The fourth-order valence-electron chi connectivity index (χ4n) is 3.09. The van der Waals surface area contributed by atoms with E-state index in [0.29, 0.717) is 10.7 Å². The molecule has 1 aliphatic heterocycles. The van der Waals surface area contributed by atoms with Crippen LogP contribution in [0.4, 0.5) is 14.5 Å². The summed E-state index contributed by atoms with van der Waals surface area (Å²) < 4.78 is 27.7. The van der Waals surface area contributed by atoms with E-state index in [4.69, 9.17) is 5.11 Å². The minimum atomic E-state index is -1.06. The number of hydrogen-bond donors (Lipinski definition) is 1. The Balaban J connectivity index is 1.74. The van der Waals surface area contributed by atoms with Gasteiger partial charge in [-0.3, -0.25) is 9.59 Å². The standard InChI is InChI=1S/C19H14F2N2O3S2/c1-9-2-3-14-13(4-9)23(19(26)15(27-14)7-17(24)25)8-16-22-12-6-10(20)5-11(21)18(12)28-16/h2-6,15H,7-8H2,1H3,(H,24,25).